The van der Waals surface area contributed by atoms with Crippen LogP contribution in [0.2, 0.25) is 0 Å². The monoisotopic (exact) mass is 434 g/mol. The van der Waals surface area contributed by atoms with E-state index in [1.807, 2.05) is 6.92 Å². The Morgan fingerprint density at radius 3 is 3.00 bits per heavy atom. The van der Waals surface area contributed by atoms with E-state index in [9.17, 15) is 19.7 Å². The number of anilines is 1. The van der Waals surface area contributed by atoms with Crippen LogP contribution in [0.5, 0.6) is 0 Å². The Hall–Kier alpha value is -2.99. The molecule has 152 valence electrons. The number of thioether (sulfide) groups is 1. The normalized spacial score (nSPS) is 11.9. The molecule has 12 heteroatoms. The molecule has 0 aliphatic heterocycles. The minimum absolute atomic E-state index is 0.0248. The number of thiazole rings is 1. The van der Waals surface area contributed by atoms with Gasteiger partial charge in [-0.25, -0.2) is 14.9 Å². The summed E-state index contributed by atoms with van der Waals surface area (Å²) in [6.45, 7) is 4.18. The molecule has 0 radical (unpaired) electrons. The number of aromatic nitrogens is 4. The zero-order chi connectivity index (χ0) is 21.0. The molecule has 0 aliphatic rings. The van der Waals surface area contributed by atoms with E-state index >= 15 is 0 Å². The molecule has 2 aromatic heterocycles. The molecular weight excluding hydrogens is 416 g/mol. The van der Waals surface area contributed by atoms with E-state index in [0.717, 1.165) is 6.42 Å². The van der Waals surface area contributed by atoms with Crippen molar-refractivity contribution in [3.8, 4) is 11.3 Å². The number of carbonyl (C=O) groups is 1. The molecule has 1 aromatic carbocycles. The topological polar surface area (TPSA) is 136 Å². The first kappa shape index (κ1) is 20.7. The van der Waals surface area contributed by atoms with Gasteiger partial charge in [0.05, 0.1) is 15.9 Å². The number of hydrogen-bond donors (Lipinski definition) is 2. The molecule has 3 rings (SSSR count). The van der Waals surface area contributed by atoms with E-state index in [0.29, 0.717) is 28.1 Å². The summed E-state index contributed by atoms with van der Waals surface area (Å²) in [5.41, 5.74) is 0.809. The van der Waals surface area contributed by atoms with Crippen molar-refractivity contribution in [3.05, 3.63) is 50.2 Å². The number of carbonyl (C=O) groups excluding carboxylic acids is 1. The van der Waals surface area contributed by atoms with Crippen LogP contribution in [-0.4, -0.2) is 35.8 Å². The third-order valence-electron chi connectivity index (χ3n) is 3.91. The van der Waals surface area contributed by atoms with Gasteiger partial charge in [-0.1, -0.05) is 30.8 Å². The van der Waals surface area contributed by atoms with Crippen LogP contribution in [-0.2, 0) is 11.3 Å². The lowest BCUT2D eigenvalue weighted by Crippen LogP contribution is -2.24. The molecule has 1 amide bonds. The first-order chi connectivity index (χ1) is 13.9. The number of non-ortho nitro benzene ring substituents is 1. The molecular formula is C17H18N6O4S2. The summed E-state index contributed by atoms with van der Waals surface area (Å²) in [5.74, 6) is -0.284. The highest BCUT2D eigenvalue weighted by molar-refractivity contribution is 8.00. The highest BCUT2D eigenvalue weighted by Crippen LogP contribution is 2.28. The lowest BCUT2D eigenvalue weighted by molar-refractivity contribution is -0.384. The number of aromatic amines is 1. The summed E-state index contributed by atoms with van der Waals surface area (Å²) in [4.78, 5) is 39.1. The second kappa shape index (κ2) is 9.01. The summed E-state index contributed by atoms with van der Waals surface area (Å²) < 4.78 is 1.50. The van der Waals surface area contributed by atoms with Crippen molar-refractivity contribution in [2.45, 2.75) is 37.2 Å². The van der Waals surface area contributed by atoms with Crippen LogP contribution in [0.25, 0.3) is 11.3 Å². The van der Waals surface area contributed by atoms with E-state index in [2.05, 4.69) is 20.5 Å². The van der Waals surface area contributed by atoms with Crippen molar-refractivity contribution in [2.75, 3.05) is 5.32 Å². The molecule has 10 nitrogen and oxygen atoms in total. The number of nitro benzene ring substituents is 1. The van der Waals surface area contributed by atoms with E-state index in [4.69, 9.17) is 0 Å². The Morgan fingerprint density at radius 1 is 1.48 bits per heavy atom. The van der Waals surface area contributed by atoms with Gasteiger partial charge in [-0.15, -0.1) is 16.4 Å². The van der Waals surface area contributed by atoms with Gasteiger partial charge >= 0.3 is 5.69 Å². The van der Waals surface area contributed by atoms with Crippen LogP contribution in [0.3, 0.4) is 0 Å². The van der Waals surface area contributed by atoms with Crippen molar-refractivity contribution in [3.63, 3.8) is 0 Å². The van der Waals surface area contributed by atoms with Crippen molar-refractivity contribution in [1.29, 1.82) is 0 Å². The predicted molar refractivity (Wildman–Crippen MR) is 111 cm³/mol. The van der Waals surface area contributed by atoms with Gasteiger partial charge in [0.25, 0.3) is 5.69 Å². The zero-order valence-corrected chi connectivity index (χ0v) is 17.2. The van der Waals surface area contributed by atoms with Crippen molar-refractivity contribution >= 4 is 39.8 Å². The maximum absolute atomic E-state index is 12.5. The number of hydrogen-bond acceptors (Lipinski definition) is 8. The first-order valence-electron chi connectivity index (χ1n) is 8.72. The second-order valence-electron chi connectivity index (χ2n) is 6.06. The van der Waals surface area contributed by atoms with E-state index in [1.165, 1.54) is 39.8 Å². The van der Waals surface area contributed by atoms with Gasteiger partial charge in [0.2, 0.25) is 5.91 Å². The number of rotatable bonds is 8. The fourth-order valence-electron chi connectivity index (χ4n) is 2.48. The molecule has 2 heterocycles. The predicted octanol–water partition coefficient (Wildman–Crippen LogP) is 3.13. The lowest BCUT2D eigenvalue weighted by Gasteiger charge is -2.10. The van der Waals surface area contributed by atoms with Gasteiger partial charge in [0.15, 0.2) is 10.3 Å². The van der Waals surface area contributed by atoms with Crippen molar-refractivity contribution in [2.24, 2.45) is 0 Å². The van der Waals surface area contributed by atoms with Gasteiger partial charge in [0.1, 0.15) is 0 Å². The van der Waals surface area contributed by atoms with Gasteiger partial charge in [0, 0.05) is 29.6 Å². The average molecular weight is 435 g/mol. The molecule has 0 bridgehead atoms. The van der Waals surface area contributed by atoms with Gasteiger partial charge in [-0.05, 0) is 13.3 Å². The molecule has 0 saturated carbocycles. The van der Waals surface area contributed by atoms with Crippen LogP contribution < -0.4 is 11.0 Å². The summed E-state index contributed by atoms with van der Waals surface area (Å²) in [6, 6.07) is 6.15. The number of H-pyrrole nitrogens is 1. The third-order valence-corrected chi connectivity index (χ3v) is 5.76. The largest absolute Gasteiger partial charge is 0.343 e. The SMILES string of the molecule is CCCn1c(S[C@@H](C)C(=O)Nc2nc(-c3cccc([N+](=O)[O-])c3)cs2)n[nH]c1=O. The Kier molecular flexibility index (Phi) is 6.44. The number of amides is 1. The highest BCUT2D eigenvalue weighted by Gasteiger charge is 2.20. The van der Waals surface area contributed by atoms with Crippen molar-refractivity contribution in [1.82, 2.24) is 19.7 Å². The minimum Gasteiger partial charge on any atom is -0.301 e. The summed E-state index contributed by atoms with van der Waals surface area (Å²) in [6.07, 6.45) is 0.771. The molecule has 0 saturated heterocycles. The van der Waals surface area contributed by atoms with E-state index in [1.54, 1.807) is 24.4 Å². The number of nitrogens with zero attached hydrogens (tertiary/aromatic N) is 4. The quantitative estimate of drug-likeness (QED) is 0.316. The maximum Gasteiger partial charge on any atom is 0.343 e. The number of nitro groups is 1. The minimum atomic E-state index is -0.508. The molecule has 0 spiro atoms. The van der Waals surface area contributed by atoms with Gasteiger partial charge in [-0.3, -0.25) is 19.5 Å². The first-order valence-corrected chi connectivity index (χ1v) is 10.5. The Bertz CT molecular complexity index is 1090. The maximum atomic E-state index is 12.5. The van der Waals surface area contributed by atoms with Crippen LogP contribution >= 0.6 is 23.1 Å². The number of benzene rings is 1. The Balaban J connectivity index is 1.68. The van der Waals surface area contributed by atoms with Gasteiger partial charge < -0.3 is 5.32 Å². The summed E-state index contributed by atoms with van der Waals surface area (Å²) in [7, 11) is 0. The van der Waals surface area contributed by atoms with Crippen LogP contribution in [0.15, 0.2) is 39.6 Å². The average Bonchev–Trinajstić information content (AvgIpc) is 3.30. The van der Waals surface area contributed by atoms with Crippen molar-refractivity contribution < 1.29 is 9.72 Å². The molecule has 29 heavy (non-hydrogen) atoms. The third kappa shape index (κ3) is 4.90. The molecule has 0 aliphatic carbocycles. The Morgan fingerprint density at radius 2 is 2.28 bits per heavy atom. The Labute approximate surface area is 173 Å². The van der Waals surface area contributed by atoms with E-state index in [-0.39, 0.29) is 17.3 Å². The second-order valence-corrected chi connectivity index (χ2v) is 8.22. The lowest BCUT2D eigenvalue weighted by atomic mass is 10.1. The van der Waals surface area contributed by atoms with E-state index < -0.39 is 10.2 Å². The van der Waals surface area contributed by atoms with Crippen LogP contribution in [0.4, 0.5) is 10.8 Å². The fraction of sp³-hybridized carbons (Fsp3) is 0.294. The van der Waals surface area contributed by atoms with Crippen LogP contribution in [0, 0.1) is 10.1 Å². The molecule has 1 atom stereocenters. The van der Waals surface area contributed by atoms with Gasteiger partial charge in [-0.2, -0.15) is 0 Å². The zero-order valence-electron chi connectivity index (χ0n) is 15.6. The number of nitrogens with one attached hydrogen (secondary N) is 2. The molecule has 0 fully saturated rings. The fourth-order valence-corrected chi connectivity index (χ4v) is 4.08. The van der Waals surface area contributed by atoms with Crippen LogP contribution in [0.1, 0.15) is 20.3 Å². The molecule has 3 aromatic rings. The smallest absolute Gasteiger partial charge is 0.301 e. The molecule has 2 N–H and O–H groups in total. The highest BCUT2D eigenvalue weighted by atomic mass is 32.2. The summed E-state index contributed by atoms with van der Waals surface area (Å²) >= 11 is 2.40. The molecule has 0 unspecified atom stereocenters. The summed E-state index contributed by atoms with van der Waals surface area (Å²) in [5, 5.41) is 22.1. The standard InChI is InChI=1S/C17H18N6O4S2/c1-3-7-22-16(25)20-21-17(22)29-10(2)14(24)19-15-18-13(9-28-15)11-5-4-6-12(8-11)23(26)27/h4-6,8-10H,3,7H2,1-2H3,(H,20,25)(H,18,19,24)/t10-/m0/s1.